The first-order valence-electron chi connectivity index (χ1n) is 9.14. The van der Waals surface area contributed by atoms with Crippen LogP contribution in [0.2, 0.25) is 10.0 Å². The van der Waals surface area contributed by atoms with Crippen molar-refractivity contribution in [3.05, 3.63) is 87.2 Å². The average Bonchev–Trinajstić information content (AvgIpc) is 2.72. The molecule has 3 aromatic rings. The van der Waals surface area contributed by atoms with Crippen LogP contribution in [0.5, 0.6) is 0 Å². The molecule has 0 saturated heterocycles. The standard InChI is InChI=1S/C22H17Cl2FN2O4S/c1-12-3-4-14(9-19(12)25)22(29)26-15-10-17(23)20(18(24)11-15)27-21(28)13-5-7-16(8-6-13)32(2,30)31/h3-11H,1-2H3,(H,26,29)(H,27,28). The molecule has 0 aromatic heterocycles. The number of halogens is 3. The highest BCUT2D eigenvalue weighted by molar-refractivity contribution is 7.90. The summed E-state index contributed by atoms with van der Waals surface area (Å²) in [7, 11) is -3.39. The second-order valence-corrected chi connectivity index (χ2v) is 9.81. The van der Waals surface area contributed by atoms with Crippen molar-refractivity contribution in [2.45, 2.75) is 11.8 Å². The Hall–Kier alpha value is -2.94. The highest BCUT2D eigenvalue weighted by Crippen LogP contribution is 2.34. The van der Waals surface area contributed by atoms with Gasteiger partial charge in [-0.1, -0.05) is 29.3 Å². The van der Waals surface area contributed by atoms with E-state index in [0.717, 1.165) is 12.3 Å². The van der Waals surface area contributed by atoms with Gasteiger partial charge >= 0.3 is 0 Å². The second-order valence-electron chi connectivity index (χ2n) is 6.98. The maximum Gasteiger partial charge on any atom is 0.255 e. The number of carbonyl (C=O) groups is 2. The number of nitrogens with one attached hydrogen (secondary N) is 2. The van der Waals surface area contributed by atoms with Gasteiger partial charge in [-0.05, 0) is 61.0 Å². The van der Waals surface area contributed by atoms with Crippen molar-refractivity contribution in [2.75, 3.05) is 16.9 Å². The van der Waals surface area contributed by atoms with Crippen molar-refractivity contribution in [1.29, 1.82) is 0 Å². The molecule has 0 atom stereocenters. The maximum atomic E-state index is 13.7. The summed E-state index contributed by atoms with van der Waals surface area (Å²) in [4.78, 5) is 25.0. The third-order valence-corrected chi connectivity index (χ3v) is 6.24. The van der Waals surface area contributed by atoms with E-state index in [1.165, 1.54) is 48.5 Å². The number of rotatable bonds is 5. The fourth-order valence-corrected chi connectivity index (χ4v) is 3.95. The Balaban J connectivity index is 1.77. The van der Waals surface area contributed by atoms with Crippen molar-refractivity contribution in [2.24, 2.45) is 0 Å². The molecule has 0 radical (unpaired) electrons. The van der Waals surface area contributed by atoms with E-state index in [0.29, 0.717) is 5.56 Å². The summed E-state index contributed by atoms with van der Waals surface area (Å²) in [6.45, 7) is 1.59. The van der Waals surface area contributed by atoms with Gasteiger partial charge in [-0.25, -0.2) is 12.8 Å². The lowest BCUT2D eigenvalue weighted by Crippen LogP contribution is -2.14. The Labute approximate surface area is 194 Å². The van der Waals surface area contributed by atoms with Crippen LogP contribution < -0.4 is 10.6 Å². The molecule has 0 unspecified atom stereocenters. The lowest BCUT2D eigenvalue weighted by atomic mass is 10.1. The van der Waals surface area contributed by atoms with E-state index in [-0.39, 0.29) is 37.4 Å². The molecule has 2 N–H and O–H groups in total. The Morgan fingerprint density at radius 3 is 1.91 bits per heavy atom. The van der Waals surface area contributed by atoms with Crippen molar-refractivity contribution in [3.8, 4) is 0 Å². The molecule has 0 saturated carbocycles. The van der Waals surface area contributed by atoms with Crippen molar-refractivity contribution in [1.82, 2.24) is 0 Å². The lowest BCUT2D eigenvalue weighted by Gasteiger charge is -2.13. The second kappa shape index (κ2) is 9.28. The fraction of sp³-hybridized carbons (Fsp3) is 0.0909. The smallest absolute Gasteiger partial charge is 0.255 e. The van der Waals surface area contributed by atoms with Gasteiger partial charge in [0.15, 0.2) is 9.84 Å². The topological polar surface area (TPSA) is 92.3 Å². The van der Waals surface area contributed by atoms with Gasteiger partial charge in [-0.3, -0.25) is 9.59 Å². The average molecular weight is 495 g/mol. The molecule has 32 heavy (non-hydrogen) atoms. The van der Waals surface area contributed by atoms with Gasteiger partial charge in [0.25, 0.3) is 11.8 Å². The molecular formula is C22H17Cl2FN2O4S. The van der Waals surface area contributed by atoms with Crippen LogP contribution >= 0.6 is 23.2 Å². The van der Waals surface area contributed by atoms with Gasteiger partial charge < -0.3 is 10.6 Å². The highest BCUT2D eigenvalue weighted by Gasteiger charge is 2.16. The van der Waals surface area contributed by atoms with Crippen LogP contribution in [0.15, 0.2) is 59.5 Å². The molecule has 3 aromatic carbocycles. The Morgan fingerprint density at radius 1 is 0.844 bits per heavy atom. The zero-order valence-electron chi connectivity index (χ0n) is 16.9. The number of sulfone groups is 1. The van der Waals surface area contributed by atoms with E-state index in [2.05, 4.69) is 10.6 Å². The molecule has 0 spiro atoms. The van der Waals surface area contributed by atoms with Crippen LogP contribution in [-0.2, 0) is 9.84 Å². The van der Waals surface area contributed by atoms with Crippen molar-refractivity contribution in [3.63, 3.8) is 0 Å². The number of hydrogen-bond acceptors (Lipinski definition) is 4. The first-order chi connectivity index (χ1) is 15.0. The summed E-state index contributed by atoms with van der Waals surface area (Å²) >= 11 is 12.5. The van der Waals surface area contributed by atoms with Gasteiger partial charge in [0.05, 0.1) is 20.6 Å². The van der Waals surface area contributed by atoms with Gasteiger partial charge in [-0.2, -0.15) is 0 Å². The minimum absolute atomic E-state index is 0.0593. The summed E-state index contributed by atoms with van der Waals surface area (Å²) in [5.41, 5.74) is 1.10. The number of anilines is 2. The van der Waals surface area contributed by atoms with Crippen LogP contribution in [-0.4, -0.2) is 26.5 Å². The number of hydrogen-bond donors (Lipinski definition) is 2. The molecule has 0 aliphatic heterocycles. The van der Waals surface area contributed by atoms with Crippen LogP contribution in [0.3, 0.4) is 0 Å². The lowest BCUT2D eigenvalue weighted by molar-refractivity contribution is 0.101. The van der Waals surface area contributed by atoms with Crippen LogP contribution in [0.25, 0.3) is 0 Å². The first kappa shape index (κ1) is 23.7. The number of aryl methyl sites for hydroxylation is 1. The molecule has 10 heteroatoms. The maximum absolute atomic E-state index is 13.7. The summed E-state index contributed by atoms with van der Waals surface area (Å²) in [6.07, 6.45) is 1.07. The molecule has 0 heterocycles. The molecule has 166 valence electrons. The van der Waals surface area contributed by atoms with Crippen molar-refractivity contribution < 1.29 is 22.4 Å². The third-order valence-electron chi connectivity index (χ3n) is 4.52. The summed E-state index contributed by atoms with van der Waals surface area (Å²) in [5, 5.41) is 5.26. The zero-order valence-corrected chi connectivity index (χ0v) is 19.2. The Morgan fingerprint density at radius 2 is 1.38 bits per heavy atom. The minimum Gasteiger partial charge on any atom is -0.322 e. The van der Waals surface area contributed by atoms with E-state index in [4.69, 9.17) is 23.2 Å². The largest absolute Gasteiger partial charge is 0.322 e. The quantitative estimate of drug-likeness (QED) is 0.499. The molecule has 0 bridgehead atoms. The predicted octanol–water partition coefficient (Wildman–Crippen LogP) is 5.35. The molecule has 2 amide bonds. The van der Waals surface area contributed by atoms with E-state index in [9.17, 15) is 22.4 Å². The monoisotopic (exact) mass is 494 g/mol. The summed E-state index contributed by atoms with van der Waals surface area (Å²) in [6, 6.07) is 12.2. The van der Waals surface area contributed by atoms with E-state index >= 15 is 0 Å². The normalized spacial score (nSPS) is 11.2. The Kier molecular flexibility index (Phi) is 6.88. The van der Waals surface area contributed by atoms with Crippen LogP contribution in [0.1, 0.15) is 26.3 Å². The molecule has 3 rings (SSSR count). The van der Waals surface area contributed by atoms with Gasteiger partial charge in [0, 0.05) is 23.1 Å². The van der Waals surface area contributed by atoms with Crippen LogP contribution in [0.4, 0.5) is 15.8 Å². The minimum atomic E-state index is -3.39. The predicted molar refractivity (Wildman–Crippen MR) is 123 cm³/mol. The van der Waals surface area contributed by atoms with E-state index < -0.39 is 27.5 Å². The van der Waals surface area contributed by atoms with Crippen LogP contribution in [0, 0.1) is 12.7 Å². The highest BCUT2D eigenvalue weighted by atomic mass is 35.5. The third kappa shape index (κ3) is 5.45. The molecule has 0 aliphatic rings. The van der Waals surface area contributed by atoms with Crippen molar-refractivity contribution >= 4 is 56.2 Å². The van der Waals surface area contributed by atoms with Gasteiger partial charge in [0.2, 0.25) is 0 Å². The zero-order chi connectivity index (χ0) is 23.6. The van der Waals surface area contributed by atoms with E-state index in [1.807, 2.05) is 0 Å². The first-order valence-corrected chi connectivity index (χ1v) is 11.8. The molecule has 6 nitrogen and oxygen atoms in total. The summed E-state index contributed by atoms with van der Waals surface area (Å²) in [5.74, 6) is -1.61. The fourth-order valence-electron chi connectivity index (χ4n) is 2.74. The number of amides is 2. The number of benzene rings is 3. The Bertz CT molecular complexity index is 1300. The van der Waals surface area contributed by atoms with E-state index in [1.54, 1.807) is 6.92 Å². The SMILES string of the molecule is Cc1ccc(C(=O)Nc2cc(Cl)c(NC(=O)c3ccc(S(C)(=O)=O)cc3)c(Cl)c2)cc1F. The molecule has 0 fully saturated rings. The molecular weight excluding hydrogens is 478 g/mol. The van der Waals surface area contributed by atoms with Gasteiger partial charge in [0.1, 0.15) is 5.82 Å². The number of carbonyl (C=O) groups excluding carboxylic acids is 2. The summed E-state index contributed by atoms with van der Waals surface area (Å²) < 4.78 is 36.8. The molecule has 0 aliphatic carbocycles. The van der Waals surface area contributed by atoms with Gasteiger partial charge in [-0.15, -0.1) is 0 Å².